The highest BCUT2D eigenvalue weighted by Gasteiger charge is 2.34. The van der Waals surface area contributed by atoms with Crippen molar-refractivity contribution in [2.45, 2.75) is 19.1 Å². The second-order valence-electron chi connectivity index (χ2n) is 9.33. The smallest absolute Gasteiger partial charge is 0.416 e. The minimum Gasteiger partial charge on any atom is -0.439 e. The number of piperazine rings is 1. The predicted molar refractivity (Wildman–Crippen MR) is 141 cm³/mol. The summed E-state index contributed by atoms with van der Waals surface area (Å²) in [5.74, 6) is 0.0967. The Morgan fingerprint density at radius 1 is 1.05 bits per heavy atom. The summed E-state index contributed by atoms with van der Waals surface area (Å²) in [6, 6.07) is 11.4. The van der Waals surface area contributed by atoms with Crippen LogP contribution < -0.4 is 21.1 Å². The molecule has 2 amide bonds. The Balaban J connectivity index is 1.32. The Kier molecular flexibility index (Phi) is 7.67. The zero-order chi connectivity index (χ0) is 28.3. The highest BCUT2D eigenvalue weighted by Crippen LogP contribution is 2.35. The summed E-state index contributed by atoms with van der Waals surface area (Å²) >= 11 is 0. The molecule has 10 nitrogen and oxygen atoms in total. The summed E-state index contributed by atoms with van der Waals surface area (Å²) < 4.78 is 48.7. The third-order valence-electron chi connectivity index (χ3n) is 6.43. The van der Waals surface area contributed by atoms with Crippen molar-refractivity contribution in [1.82, 2.24) is 24.8 Å². The SMILES string of the molecule is NC(=O)Cc1cc(Oc2ccc3c(ccn3C(=O)Nc3ccc(CN4CCNCC4)c(C(F)(F)F)c3)c2)ncn1. The van der Waals surface area contributed by atoms with Gasteiger partial charge in [0, 0.05) is 56.1 Å². The molecule has 0 unspecified atom stereocenters. The number of hydrogen-bond donors (Lipinski definition) is 3. The van der Waals surface area contributed by atoms with E-state index in [9.17, 15) is 22.8 Å². The van der Waals surface area contributed by atoms with Gasteiger partial charge in [-0.3, -0.25) is 14.3 Å². The molecule has 40 heavy (non-hydrogen) atoms. The molecule has 0 bridgehead atoms. The van der Waals surface area contributed by atoms with Crippen LogP contribution in [0.4, 0.5) is 23.7 Å². The first-order valence-electron chi connectivity index (χ1n) is 12.5. The molecule has 2 aromatic heterocycles. The van der Waals surface area contributed by atoms with Gasteiger partial charge in [0.15, 0.2) is 0 Å². The number of benzene rings is 2. The van der Waals surface area contributed by atoms with E-state index in [1.54, 1.807) is 24.3 Å². The lowest BCUT2D eigenvalue weighted by Gasteiger charge is -2.28. The lowest BCUT2D eigenvalue weighted by atomic mass is 10.0. The third-order valence-corrected chi connectivity index (χ3v) is 6.43. The Morgan fingerprint density at radius 3 is 2.60 bits per heavy atom. The molecule has 0 saturated carbocycles. The maximum absolute atomic E-state index is 13.9. The summed E-state index contributed by atoms with van der Waals surface area (Å²) in [5, 5.41) is 6.41. The van der Waals surface area contributed by atoms with Crippen molar-refractivity contribution >= 4 is 28.5 Å². The van der Waals surface area contributed by atoms with Gasteiger partial charge in [-0.25, -0.2) is 14.8 Å². The Morgan fingerprint density at radius 2 is 1.85 bits per heavy atom. The van der Waals surface area contributed by atoms with E-state index in [-0.39, 0.29) is 30.1 Å². The van der Waals surface area contributed by atoms with Crippen molar-refractivity contribution in [1.29, 1.82) is 0 Å². The van der Waals surface area contributed by atoms with Crippen LogP contribution in [0.1, 0.15) is 16.8 Å². The van der Waals surface area contributed by atoms with Crippen molar-refractivity contribution in [2.24, 2.45) is 5.73 Å². The molecule has 1 saturated heterocycles. The van der Waals surface area contributed by atoms with Gasteiger partial charge in [-0.2, -0.15) is 13.2 Å². The van der Waals surface area contributed by atoms with Crippen molar-refractivity contribution in [2.75, 3.05) is 31.5 Å². The lowest BCUT2D eigenvalue weighted by Crippen LogP contribution is -2.43. The molecule has 3 heterocycles. The van der Waals surface area contributed by atoms with Gasteiger partial charge in [0.05, 0.1) is 23.2 Å². The fourth-order valence-electron chi connectivity index (χ4n) is 4.54. The van der Waals surface area contributed by atoms with Gasteiger partial charge in [-0.05, 0) is 42.0 Å². The standard InChI is InChI=1S/C27H26F3N7O3/c28-27(29,30)22-12-19(2-1-18(22)15-36-9-6-32-7-10-36)35-26(39)37-8-5-17-11-21(3-4-23(17)37)40-25-14-20(13-24(31)38)33-16-34-25/h1-5,8,11-12,14,16,32H,6-7,9-10,13,15H2,(H2,31,38)(H,35,39). The number of primary amides is 1. The van der Waals surface area contributed by atoms with E-state index >= 15 is 0 Å². The number of alkyl halides is 3. The molecule has 0 aliphatic carbocycles. The molecule has 0 radical (unpaired) electrons. The molecule has 1 aliphatic rings. The van der Waals surface area contributed by atoms with Crippen LogP contribution >= 0.6 is 0 Å². The Hall–Kier alpha value is -4.49. The van der Waals surface area contributed by atoms with Crippen LogP contribution in [0.5, 0.6) is 11.6 Å². The predicted octanol–water partition coefficient (Wildman–Crippen LogP) is 3.76. The van der Waals surface area contributed by atoms with Gasteiger partial charge in [0.1, 0.15) is 12.1 Å². The number of amides is 2. The van der Waals surface area contributed by atoms with E-state index in [1.165, 1.54) is 35.3 Å². The van der Waals surface area contributed by atoms with Crippen LogP contribution in [0.2, 0.25) is 0 Å². The second-order valence-corrected chi connectivity index (χ2v) is 9.33. The molecule has 5 rings (SSSR count). The van der Waals surface area contributed by atoms with E-state index in [1.807, 2.05) is 4.90 Å². The van der Waals surface area contributed by atoms with Crippen LogP contribution in [-0.2, 0) is 23.9 Å². The van der Waals surface area contributed by atoms with Gasteiger partial charge in [0.2, 0.25) is 11.8 Å². The van der Waals surface area contributed by atoms with E-state index < -0.39 is 23.7 Å². The van der Waals surface area contributed by atoms with Crippen molar-refractivity contribution in [3.8, 4) is 11.6 Å². The van der Waals surface area contributed by atoms with Crippen LogP contribution in [0, 0.1) is 0 Å². The highest BCUT2D eigenvalue weighted by molar-refractivity contribution is 5.98. The van der Waals surface area contributed by atoms with Crippen LogP contribution in [0.15, 0.2) is 61.1 Å². The average molecular weight is 554 g/mol. The topological polar surface area (TPSA) is 127 Å². The number of nitrogens with two attached hydrogens (primary N) is 1. The van der Waals surface area contributed by atoms with Gasteiger partial charge in [-0.1, -0.05) is 6.07 Å². The highest BCUT2D eigenvalue weighted by atomic mass is 19.4. The first-order valence-corrected chi connectivity index (χ1v) is 12.5. The minimum absolute atomic E-state index is 0.0405. The zero-order valence-electron chi connectivity index (χ0n) is 21.2. The Labute approximate surface area is 226 Å². The number of carbonyl (C=O) groups excluding carboxylic acids is 2. The third kappa shape index (κ3) is 6.38. The molecule has 4 aromatic rings. The molecule has 2 aromatic carbocycles. The molecule has 208 valence electrons. The number of halogens is 3. The largest absolute Gasteiger partial charge is 0.439 e. The number of nitrogens with zero attached hydrogens (tertiary/aromatic N) is 4. The van der Waals surface area contributed by atoms with E-state index in [2.05, 4.69) is 20.6 Å². The molecule has 0 spiro atoms. The average Bonchev–Trinajstić information content (AvgIpc) is 3.33. The number of nitrogens with one attached hydrogen (secondary N) is 2. The Bertz CT molecular complexity index is 1550. The van der Waals surface area contributed by atoms with Gasteiger partial charge in [-0.15, -0.1) is 0 Å². The summed E-state index contributed by atoms with van der Waals surface area (Å²) in [6.07, 6.45) is -1.85. The van der Waals surface area contributed by atoms with E-state index in [4.69, 9.17) is 10.5 Å². The first kappa shape index (κ1) is 27.1. The number of aromatic nitrogens is 3. The monoisotopic (exact) mass is 553 g/mol. The number of carbonyl (C=O) groups is 2. The maximum atomic E-state index is 13.9. The van der Waals surface area contributed by atoms with Crippen LogP contribution in [0.25, 0.3) is 10.9 Å². The van der Waals surface area contributed by atoms with Gasteiger partial charge >= 0.3 is 12.2 Å². The fraction of sp³-hybridized carbons (Fsp3) is 0.259. The maximum Gasteiger partial charge on any atom is 0.416 e. The van der Waals surface area contributed by atoms with Gasteiger partial charge in [0.25, 0.3) is 0 Å². The van der Waals surface area contributed by atoms with E-state index in [0.717, 1.165) is 19.2 Å². The normalized spacial score (nSPS) is 14.3. The number of ether oxygens (including phenoxy) is 1. The molecular formula is C27H26F3N7O3. The van der Waals surface area contributed by atoms with Crippen LogP contribution in [0.3, 0.4) is 0 Å². The van der Waals surface area contributed by atoms with E-state index in [0.29, 0.717) is 35.4 Å². The van der Waals surface area contributed by atoms with Crippen LogP contribution in [-0.4, -0.2) is 57.6 Å². The van der Waals surface area contributed by atoms with Crippen molar-refractivity contribution in [3.63, 3.8) is 0 Å². The number of rotatable bonds is 7. The summed E-state index contributed by atoms with van der Waals surface area (Å²) in [5.41, 5.74) is 5.57. The quantitative estimate of drug-likeness (QED) is 0.318. The summed E-state index contributed by atoms with van der Waals surface area (Å²) in [6.45, 7) is 2.97. The number of hydrogen-bond acceptors (Lipinski definition) is 7. The number of anilines is 1. The molecular weight excluding hydrogens is 527 g/mol. The zero-order valence-corrected chi connectivity index (χ0v) is 21.2. The molecule has 13 heteroatoms. The molecule has 0 atom stereocenters. The fourth-order valence-corrected chi connectivity index (χ4v) is 4.54. The molecule has 4 N–H and O–H groups in total. The molecule has 1 fully saturated rings. The summed E-state index contributed by atoms with van der Waals surface area (Å²) in [4.78, 5) is 34.1. The molecule has 1 aliphatic heterocycles. The van der Waals surface area contributed by atoms with Gasteiger partial charge < -0.3 is 21.1 Å². The number of fused-ring (bicyclic) bond motifs is 1. The van der Waals surface area contributed by atoms with Crippen molar-refractivity contribution in [3.05, 3.63) is 77.9 Å². The first-order chi connectivity index (χ1) is 19.2. The van der Waals surface area contributed by atoms with Crippen molar-refractivity contribution < 1.29 is 27.5 Å². The summed E-state index contributed by atoms with van der Waals surface area (Å²) in [7, 11) is 0. The lowest BCUT2D eigenvalue weighted by molar-refractivity contribution is -0.138. The minimum atomic E-state index is -4.56. The second kappa shape index (κ2) is 11.3.